The van der Waals surface area contributed by atoms with Gasteiger partial charge in [-0.15, -0.1) is 0 Å². The zero-order valence-corrected chi connectivity index (χ0v) is 41.5. The summed E-state index contributed by atoms with van der Waals surface area (Å²) in [6, 6.07) is 55.2. The van der Waals surface area contributed by atoms with Crippen LogP contribution in [0.2, 0.25) is 5.02 Å². The lowest BCUT2D eigenvalue weighted by Crippen LogP contribution is -2.11. The summed E-state index contributed by atoms with van der Waals surface area (Å²) in [5.41, 5.74) is 14.7. The van der Waals surface area contributed by atoms with Gasteiger partial charge in [0.2, 0.25) is 0 Å². The van der Waals surface area contributed by atoms with Crippen molar-refractivity contribution in [1.29, 1.82) is 0 Å². The number of methoxy groups -OCH3 is 1. The lowest BCUT2D eigenvalue weighted by atomic mass is 9.86. The first kappa shape index (κ1) is 48.0. The number of benzene rings is 6. The third-order valence-corrected chi connectivity index (χ3v) is 11.7. The first-order valence-electron chi connectivity index (χ1n) is 22.8. The van der Waals surface area contributed by atoms with Crippen molar-refractivity contribution < 1.29 is 4.74 Å². The molecule has 0 N–H and O–H groups in total. The summed E-state index contributed by atoms with van der Waals surface area (Å²) in [6.45, 7) is 22.1. The third kappa shape index (κ3) is 11.9. The van der Waals surface area contributed by atoms with Crippen LogP contribution in [0.1, 0.15) is 84.6 Å². The van der Waals surface area contributed by atoms with Crippen LogP contribution in [0.3, 0.4) is 0 Å². The molecule has 9 aromatic rings. The van der Waals surface area contributed by atoms with Gasteiger partial charge in [-0.25, -0.2) is 14.0 Å². The van der Waals surface area contributed by atoms with Gasteiger partial charge in [0.1, 0.15) is 5.75 Å². The smallest absolute Gasteiger partial charge is 0.118 e. The Morgan fingerprint density at radius 3 is 0.955 bits per heavy atom. The number of para-hydroxylation sites is 3. The third-order valence-electron chi connectivity index (χ3n) is 11.4. The standard InChI is InChI=1S/C20H22N2O.C20H22N2.C19H19ClN2/c1-20(2,3)18-14-22(16-8-6-5-7-9-16)21-19(18)15-10-12-17(23-4)13-11-15;1-15-10-12-16(13-11-15)19-18(20(2,3)4)14-22(21-19)17-8-6-5-7-9-17;1-19(2,3)17-13-22(16-7-5-4-6-8-16)21-18(17)14-9-11-15(20)12-10-14/h5-14H,1-4H3;5-14H,1-4H3;4-13H,1-3H3. The van der Waals surface area contributed by atoms with E-state index in [1.54, 1.807) is 7.11 Å². The molecule has 0 saturated carbocycles. The number of aromatic nitrogens is 6. The SMILES string of the molecule is CC(C)(C)c1cn(-c2ccccc2)nc1-c1ccc(Cl)cc1.COc1ccc(-c2nn(-c3ccccc3)cc2C(C)(C)C)cc1.Cc1ccc(-c2nn(-c3ccccc3)cc2C(C)(C)C)cc1. The molecular weight excluding hydrogens is 844 g/mol. The zero-order valence-electron chi connectivity index (χ0n) is 40.8. The predicted molar refractivity (Wildman–Crippen MR) is 279 cm³/mol. The quantitative estimate of drug-likeness (QED) is 0.160. The average Bonchev–Trinajstić information content (AvgIpc) is 4.10. The lowest BCUT2D eigenvalue weighted by molar-refractivity contribution is 0.415. The molecule has 0 unspecified atom stereocenters. The van der Waals surface area contributed by atoms with Crippen molar-refractivity contribution in [2.24, 2.45) is 0 Å². The van der Waals surface area contributed by atoms with E-state index in [1.807, 2.05) is 105 Å². The Morgan fingerprint density at radius 2 is 0.672 bits per heavy atom. The topological polar surface area (TPSA) is 62.7 Å². The summed E-state index contributed by atoms with van der Waals surface area (Å²) in [5.74, 6) is 0.855. The summed E-state index contributed by atoms with van der Waals surface area (Å²) in [5, 5.41) is 15.3. The molecule has 9 rings (SSSR count). The molecule has 0 atom stereocenters. The summed E-state index contributed by atoms with van der Waals surface area (Å²) in [6.07, 6.45) is 6.42. The van der Waals surface area contributed by atoms with Gasteiger partial charge in [-0.1, -0.05) is 170 Å². The normalized spacial score (nSPS) is 11.6. The van der Waals surface area contributed by atoms with Gasteiger partial charge < -0.3 is 4.74 Å². The summed E-state index contributed by atoms with van der Waals surface area (Å²) < 4.78 is 11.1. The van der Waals surface area contributed by atoms with E-state index < -0.39 is 0 Å². The Kier molecular flexibility index (Phi) is 14.5. The highest BCUT2D eigenvalue weighted by Crippen LogP contribution is 2.36. The molecule has 67 heavy (non-hydrogen) atoms. The van der Waals surface area contributed by atoms with Gasteiger partial charge in [-0.05, 0) is 96.0 Å². The highest BCUT2D eigenvalue weighted by atomic mass is 35.5. The molecule has 0 aliphatic carbocycles. The van der Waals surface area contributed by atoms with Crippen LogP contribution in [0.25, 0.3) is 50.8 Å². The lowest BCUT2D eigenvalue weighted by Gasteiger charge is -2.18. The minimum absolute atomic E-state index is 0.0159. The fourth-order valence-electron chi connectivity index (χ4n) is 7.62. The van der Waals surface area contributed by atoms with Gasteiger partial charge in [0.15, 0.2) is 0 Å². The number of rotatable bonds is 7. The van der Waals surface area contributed by atoms with E-state index in [1.165, 1.54) is 27.8 Å². The van der Waals surface area contributed by atoms with Crippen LogP contribution in [0.15, 0.2) is 182 Å². The predicted octanol–water partition coefficient (Wildman–Crippen LogP) is 15.5. The minimum Gasteiger partial charge on any atom is -0.497 e. The molecular formula is C59H63ClN6O. The van der Waals surface area contributed by atoms with E-state index in [2.05, 4.69) is 161 Å². The fraction of sp³-hybridized carbons (Fsp3) is 0.237. The molecule has 0 saturated heterocycles. The van der Waals surface area contributed by atoms with Crippen molar-refractivity contribution in [2.75, 3.05) is 7.11 Å². The van der Waals surface area contributed by atoms with Crippen LogP contribution >= 0.6 is 11.6 Å². The second-order valence-corrected chi connectivity index (χ2v) is 20.3. The molecule has 0 amide bonds. The minimum atomic E-state index is 0.0159. The van der Waals surface area contributed by atoms with Crippen LogP contribution in [-0.4, -0.2) is 36.5 Å². The van der Waals surface area contributed by atoms with E-state index in [0.29, 0.717) is 0 Å². The van der Waals surface area contributed by atoms with Crippen molar-refractivity contribution in [3.8, 4) is 56.6 Å². The Morgan fingerprint density at radius 1 is 0.388 bits per heavy atom. The van der Waals surface area contributed by atoms with E-state index in [4.69, 9.17) is 31.6 Å². The van der Waals surface area contributed by atoms with Gasteiger partial charge >= 0.3 is 0 Å². The van der Waals surface area contributed by atoms with Crippen LogP contribution < -0.4 is 4.74 Å². The van der Waals surface area contributed by atoms with Crippen molar-refractivity contribution in [1.82, 2.24) is 29.3 Å². The zero-order chi connectivity index (χ0) is 47.9. The number of hydrogen-bond acceptors (Lipinski definition) is 4. The molecule has 0 spiro atoms. The van der Waals surface area contributed by atoms with E-state index in [0.717, 1.165) is 56.0 Å². The first-order valence-corrected chi connectivity index (χ1v) is 23.2. The molecule has 8 heteroatoms. The Balaban J connectivity index is 0.000000149. The number of hydrogen-bond donors (Lipinski definition) is 0. The maximum absolute atomic E-state index is 6.00. The van der Waals surface area contributed by atoms with Crippen molar-refractivity contribution >= 4 is 11.6 Å². The van der Waals surface area contributed by atoms with E-state index in [-0.39, 0.29) is 16.2 Å². The Bertz CT molecular complexity index is 2830. The highest BCUT2D eigenvalue weighted by molar-refractivity contribution is 6.30. The molecule has 0 fully saturated rings. The van der Waals surface area contributed by atoms with Crippen LogP contribution in [-0.2, 0) is 16.2 Å². The maximum atomic E-state index is 6.00. The Labute approximate surface area is 402 Å². The number of nitrogens with zero attached hydrogens (tertiary/aromatic N) is 6. The summed E-state index contributed by atoms with van der Waals surface area (Å²) in [7, 11) is 1.68. The van der Waals surface area contributed by atoms with E-state index >= 15 is 0 Å². The van der Waals surface area contributed by atoms with Crippen molar-refractivity contribution in [3.05, 3.63) is 210 Å². The van der Waals surface area contributed by atoms with Gasteiger partial charge in [0, 0.05) is 57.0 Å². The van der Waals surface area contributed by atoms with Gasteiger partial charge in [-0.2, -0.15) is 15.3 Å². The van der Waals surface area contributed by atoms with Crippen molar-refractivity contribution in [2.45, 2.75) is 85.5 Å². The number of ether oxygens (including phenoxy) is 1. The van der Waals surface area contributed by atoms with Crippen molar-refractivity contribution in [3.63, 3.8) is 0 Å². The maximum Gasteiger partial charge on any atom is 0.118 e. The van der Waals surface area contributed by atoms with Crippen LogP contribution in [0.4, 0.5) is 0 Å². The molecule has 0 aliphatic rings. The molecule has 0 bridgehead atoms. The van der Waals surface area contributed by atoms with E-state index in [9.17, 15) is 0 Å². The number of halogens is 1. The second-order valence-electron chi connectivity index (χ2n) is 19.9. The molecule has 6 aromatic carbocycles. The van der Waals surface area contributed by atoms with Gasteiger partial charge in [0.25, 0.3) is 0 Å². The molecule has 3 heterocycles. The average molecular weight is 908 g/mol. The van der Waals surface area contributed by atoms with Crippen LogP contribution in [0, 0.1) is 6.92 Å². The molecule has 342 valence electrons. The van der Waals surface area contributed by atoms with Gasteiger partial charge in [-0.3, -0.25) is 0 Å². The molecule has 3 aromatic heterocycles. The second kappa shape index (κ2) is 20.3. The van der Waals surface area contributed by atoms with Gasteiger partial charge in [0.05, 0.1) is 41.3 Å². The fourth-order valence-corrected chi connectivity index (χ4v) is 7.74. The first-order chi connectivity index (χ1) is 31.9. The summed E-state index contributed by atoms with van der Waals surface area (Å²) in [4.78, 5) is 0. The monoisotopic (exact) mass is 906 g/mol. The van der Waals surface area contributed by atoms with Crippen LogP contribution in [0.5, 0.6) is 5.75 Å². The molecule has 0 radical (unpaired) electrons. The highest BCUT2D eigenvalue weighted by Gasteiger charge is 2.25. The summed E-state index contributed by atoms with van der Waals surface area (Å²) >= 11 is 6.00. The molecule has 0 aliphatic heterocycles. The molecule has 7 nitrogen and oxygen atoms in total. The Hall–Kier alpha value is -6.96. The largest absolute Gasteiger partial charge is 0.497 e. The number of aryl methyl sites for hydroxylation is 1.